The van der Waals surface area contributed by atoms with E-state index in [1.807, 2.05) is 0 Å². The third-order valence-corrected chi connectivity index (χ3v) is 4.34. The van der Waals surface area contributed by atoms with E-state index in [-0.39, 0.29) is 34.8 Å². The van der Waals surface area contributed by atoms with E-state index >= 15 is 0 Å². The molecule has 0 saturated carbocycles. The van der Waals surface area contributed by atoms with Crippen molar-refractivity contribution in [2.75, 3.05) is 18.1 Å². The molecule has 0 unspecified atom stereocenters. The molecule has 3 N–H and O–H groups in total. The van der Waals surface area contributed by atoms with Gasteiger partial charge < -0.3 is 10.1 Å². The highest BCUT2D eigenvalue weighted by Gasteiger charge is 2.08. The van der Waals surface area contributed by atoms with Gasteiger partial charge in [0.2, 0.25) is 15.9 Å². The second-order valence-corrected chi connectivity index (χ2v) is 6.81. The molecule has 1 aromatic rings. The van der Waals surface area contributed by atoms with E-state index in [9.17, 15) is 18.0 Å². The van der Waals surface area contributed by atoms with Crippen molar-refractivity contribution in [3.8, 4) is 0 Å². The second-order valence-electron chi connectivity index (χ2n) is 4.26. The molecule has 0 aliphatic carbocycles. The Kier molecular flexibility index (Phi) is 7.36. The van der Waals surface area contributed by atoms with Crippen molar-refractivity contribution in [1.29, 1.82) is 0 Å². The normalized spacial score (nSPS) is 11.0. The van der Waals surface area contributed by atoms with Crippen LogP contribution < -0.4 is 10.5 Å². The number of benzene rings is 1. The van der Waals surface area contributed by atoms with Crippen molar-refractivity contribution in [2.45, 2.75) is 18.4 Å². The molecule has 9 heteroatoms. The van der Waals surface area contributed by atoms with Crippen LogP contribution in [0, 0.1) is 0 Å². The second kappa shape index (κ2) is 8.76. The zero-order valence-corrected chi connectivity index (χ0v) is 13.7. The molecule has 1 aromatic carbocycles. The first-order valence-electron chi connectivity index (χ1n) is 6.44. The van der Waals surface area contributed by atoms with E-state index in [1.54, 1.807) is 19.1 Å². The van der Waals surface area contributed by atoms with E-state index in [0.29, 0.717) is 6.61 Å². The van der Waals surface area contributed by atoms with Gasteiger partial charge in [-0.1, -0.05) is 12.1 Å². The average molecular weight is 346 g/mol. The number of sulfonamides is 1. The Morgan fingerprint density at radius 1 is 1.23 bits per heavy atom. The maximum Gasteiger partial charge on any atom is 0.315 e. The molecule has 0 saturated heterocycles. The Labute approximate surface area is 133 Å². The van der Waals surface area contributed by atoms with Gasteiger partial charge in [0.15, 0.2) is 0 Å². The summed E-state index contributed by atoms with van der Waals surface area (Å²) in [7, 11) is -3.71. The number of hydrogen-bond acceptors (Lipinski definition) is 6. The number of nitrogens with two attached hydrogens (primary N) is 1. The number of rotatable bonds is 8. The molecule has 0 spiro atoms. The van der Waals surface area contributed by atoms with Gasteiger partial charge in [0, 0.05) is 6.54 Å². The van der Waals surface area contributed by atoms with Crippen LogP contribution in [-0.4, -0.2) is 38.4 Å². The minimum absolute atomic E-state index is 0.0209. The van der Waals surface area contributed by atoms with Gasteiger partial charge >= 0.3 is 5.97 Å². The Bertz CT molecular complexity index is 614. The average Bonchev–Trinajstić information content (AvgIpc) is 2.45. The Morgan fingerprint density at radius 3 is 2.41 bits per heavy atom. The van der Waals surface area contributed by atoms with Gasteiger partial charge in [-0.3, -0.25) is 9.59 Å². The van der Waals surface area contributed by atoms with Gasteiger partial charge in [-0.15, -0.1) is 11.8 Å². The van der Waals surface area contributed by atoms with E-state index in [4.69, 9.17) is 9.88 Å². The number of carbonyl (C=O) groups excluding carboxylic acids is 2. The minimum atomic E-state index is -3.71. The molecule has 1 amide bonds. The number of hydrogen-bond donors (Lipinski definition) is 2. The highest BCUT2D eigenvalue weighted by molar-refractivity contribution is 8.00. The maximum atomic E-state index is 11.6. The molecule has 0 aromatic heterocycles. The summed E-state index contributed by atoms with van der Waals surface area (Å²) in [6.07, 6.45) is 0. The molecule has 122 valence electrons. The third-order valence-electron chi connectivity index (χ3n) is 2.50. The molecule has 0 fully saturated rings. The van der Waals surface area contributed by atoms with Crippen molar-refractivity contribution < 1.29 is 22.7 Å². The highest BCUT2D eigenvalue weighted by Crippen LogP contribution is 2.08. The molecule has 7 nitrogen and oxygen atoms in total. The fourth-order valence-electron chi connectivity index (χ4n) is 1.48. The van der Waals surface area contributed by atoms with Gasteiger partial charge in [0.05, 0.1) is 23.0 Å². The van der Waals surface area contributed by atoms with Crippen LogP contribution in [0.3, 0.4) is 0 Å². The minimum Gasteiger partial charge on any atom is -0.465 e. The molecule has 0 heterocycles. The predicted octanol–water partition coefficient (Wildman–Crippen LogP) is 0.246. The lowest BCUT2D eigenvalue weighted by Crippen LogP contribution is -2.25. The largest absolute Gasteiger partial charge is 0.465 e. The highest BCUT2D eigenvalue weighted by atomic mass is 32.2. The number of nitrogens with one attached hydrogen (secondary N) is 1. The van der Waals surface area contributed by atoms with Gasteiger partial charge in [0.1, 0.15) is 0 Å². The number of thioether (sulfide) groups is 1. The third kappa shape index (κ3) is 6.92. The molecule has 0 radical (unpaired) electrons. The summed E-state index contributed by atoms with van der Waals surface area (Å²) in [4.78, 5) is 22.7. The summed E-state index contributed by atoms with van der Waals surface area (Å²) in [6.45, 7) is 2.31. The zero-order valence-electron chi connectivity index (χ0n) is 12.1. The zero-order chi connectivity index (χ0) is 16.6. The first-order valence-corrected chi connectivity index (χ1v) is 9.15. The van der Waals surface area contributed by atoms with Crippen molar-refractivity contribution in [3.05, 3.63) is 29.8 Å². The van der Waals surface area contributed by atoms with Crippen LogP contribution in [0.5, 0.6) is 0 Å². The predicted molar refractivity (Wildman–Crippen MR) is 83.6 cm³/mol. The summed E-state index contributed by atoms with van der Waals surface area (Å²) in [5.41, 5.74) is 0.746. The van der Waals surface area contributed by atoms with Crippen LogP contribution in [-0.2, 0) is 30.9 Å². The lowest BCUT2D eigenvalue weighted by atomic mass is 10.2. The Morgan fingerprint density at radius 2 is 1.86 bits per heavy atom. The van der Waals surface area contributed by atoms with E-state index in [2.05, 4.69) is 5.32 Å². The summed E-state index contributed by atoms with van der Waals surface area (Å²) in [6, 6.07) is 5.91. The van der Waals surface area contributed by atoms with Crippen LogP contribution in [0.2, 0.25) is 0 Å². The van der Waals surface area contributed by atoms with Crippen molar-refractivity contribution in [1.82, 2.24) is 5.32 Å². The quantitative estimate of drug-likeness (QED) is 0.652. The molecule has 0 atom stereocenters. The van der Waals surface area contributed by atoms with E-state index < -0.39 is 10.0 Å². The van der Waals surface area contributed by atoms with Crippen molar-refractivity contribution >= 4 is 33.7 Å². The van der Waals surface area contributed by atoms with Gasteiger partial charge in [-0.05, 0) is 24.6 Å². The monoisotopic (exact) mass is 346 g/mol. The van der Waals surface area contributed by atoms with Crippen LogP contribution in [0.15, 0.2) is 29.2 Å². The number of carbonyl (C=O) groups is 2. The van der Waals surface area contributed by atoms with Crippen LogP contribution in [0.25, 0.3) is 0 Å². The summed E-state index contributed by atoms with van der Waals surface area (Å²) >= 11 is 1.17. The molecular formula is C13H18N2O5S2. The number of esters is 1. The van der Waals surface area contributed by atoms with E-state index in [1.165, 1.54) is 23.9 Å². The topological polar surface area (TPSA) is 116 Å². The molecular weight excluding hydrogens is 328 g/mol. The van der Waals surface area contributed by atoms with Crippen LogP contribution in [0.1, 0.15) is 12.5 Å². The summed E-state index contributed by atoms with van der Waals surface area (Å²) < 4.78 is 26.9. The lowest BCUT2D eigenvalue weighted by Gasteiger charge is -2.06. The fourth-order valence-corrected chi connectivity index (χ4v) is 2.63. The van der Waals surface area contributed by atoms with E-state index in [0.717, 1.165) is 5.56 Å². The molecule has 0 bridgehead atoms. The van der Waals surface area contributed by atoms with Crippen molar-refractivity contribution in [2.24, 2.45) is 5.14 Å². The lowest BCUT2D eigenvalue weighted by molar-refractivity contribution is -0.139. The summed E-state index contributed by atoms with van der Waals surface area (Å²) in [5.74, 6) is -0.290. The van der Waals surface area contributed by atoms with Crippen molar-refractivity contribution in [3.63, 3.8) is 0 Å². The van der Waals surface area contributed by atoms with Gasteiger partial charge in [-0.2, -0.15) is 0 Å². The summed E-state index contributed by atoms with van der Waals surface area (Å²) in [5, 5.41) is 7.66. The number of ether oxygens (including phenoxy) is 1. The molecule has 22 heavy (non-hydrogen) atoms. The smallest absolute Gasteiger partial charge is 0.315 e. The SMILES string of the molecule is CCOC(=O)CSCC(=O)NCc1ccc(S(N)(=O)=O)cc1. The molecule has 1 rings (SSSR count). The van der Waals surface area contributed by atoms with Gasteiger partial charge in [-0.25, -0.2) is 13.6 Å². The standard InChI is InChI=1S/C13H18N2O5S2/c1-2-20-13(17)9-21-8-12(16)15-7-10-3-5-11(6-4-10)22(14,18)19/h3-6H,2,7-9H2,1H3,(H,15,16)(H2,14,18,19). The molecule has 0 aliphatic rings. The number of amides is 1. The molecule has 0 aliphatic heterocycles. The first-order chi connectivity index (χ1) is 10.3. The first kappa shape index (κ1) is 18.5. The maximum absolute atomic E-state index is 11.6. The fraction of sp³-hybridized carbons (Fsp3) is 0.385. The van der Waals surface area contributed by atoms with Gasteiger partial charge in [0.25, 0.3) is 0 Å². The Hall–Kier alpha value is -1.58. The van der Waals surface area contributed by atoms with Crippen LogP contribution in [0.4, 0.5) is 0 Å². The Balaban J connectivity index is 2.34. The number of primary sulfonamides is 1. The van der Waals surface area contributed by atoms with Crippen LogP contribution >= 0.6 is 11.8 Å².